The van der Waals surface area contributed by atoms with Gasteiger partial charge in [-0.15, -0.1) is 0 Å². The van der Waals surface area contributed by atoms with Gasteiger partial charge in [-0.05, 0) is 96.5 Å². The largest absolute Gasteiger partial charge is 2.00 e. The fourth-order valence-electron chi connectivity index (χ4n) is 9.26. The van der Waals surface area contributed by atoms with Crippen molar-refractivity contribution in [1.29, 1.82) is 0 Å². The second-order valence-electron chi connectivity index (χ2n) is 18.6. The second kappa shape index (κ2) is 34.7. The Morgan fingerprint density at radius 3 is 0.892 bits per heavy atom. The van der Waals surface area contributed by atoms with E-state index in [4.69, 9.17) is 0 Å². The molecule has 360 valence electrons. The Kier molecular flexibility index (Phi) is 31.8. The summed E-state index contributed by atoms with van der Waals surface area (Å²) in [4.78, 5) is -0.0435. The minimum Gasteiger partial charge on any atom is -0.744 e. The Labute approximate surface area is 427 Å². The van der Waals surface area contributed by atoms with Crippen molar-refractivity contribution in [2.45, 2.75) is 243 Å². The Morgan fingerprint density at radius 2 is 0.615 bits per heavy atom. The molecular formula is C56H86CaO6S2. The van der Waals surface area contributed by atoms with Crippen molar-refractivity contribution in [1.82, 2.24) is 0 Å². The topological polar surface area (TPSA) is 114 Å². The molecule has 0 fully saturated rings. The monoisotopic (exact) mass is 959 g/mol. The molecule has 0 unspecified atom stereocenters. The third-order valence-corrected chi connectivity index (χ3v) is 14.7. The van der Waals surface area contributed by atoms with E-state index in [0.29, 0.717) is 10.8 Å². The molecule has 0 radical (unpaired) electrons. The maximum atomic E-state index is 12.1. The number of aryl methyl sites for hydroxylation is 4. The van der Waals surface area contributed by atoms with Crippen LogP contribution >= 0.6 is 0 Å². The van der Waals surface area contributed by atoms with Crippen molar-refractivity contribution in [3.8, 4) is 0 Å². The zero-order chi connectivity index (χ0) is 46.5. The Balaban J connectivity index is 0.000000440. The molecule has 0 bridgehead atoms. The predicted octanol–water partition coefficient (Wildman–Crippen LogP) is 16.3. The van der Waals surface area contributed by atoms with Crippen LogP contribution in [0.1, 0.15) is 230 Å². The zero-order valence-electron chi connectivity index (χ0n) is 41.4. The van der Waals surface area contributed by atoms with Crippen LogP contribution < -0.4 is 0 Å². The summed E-state index contributed by atoms with van der Waals surface area (Å²) >= 11 is 0. The fourth-order valence-corrected chi connectivity index (χ4v) is 10.9. The SMILES string of the molecule is CCCCCCCCCc1cc(S(=O)(=O)[O-])c2c(CCCCCCCCC)cccc2c1.CCCCCCCCCc1cc(S(=O)(=O)[O-])c2c(CCCCCCCCC)cccc2c1.[Ca+2]. The molecule has 0 atom stereocenters. The van der Waals surface area contributed by atoms with Gasteiger partial charge in [0.2, 0.25) is 0 Å². The first kappa shape index (κ1) is 59.6. The van der Waals surface area contributed by atoms with Gasteiger partial charge in [0.05, 0.1) is 9.79 Å². The molecule has 0 aliphatic rings. The average Bonchev–Trinajstić information content (AvgIpc) is 3.26. The normalized spacial score (nSPS) is 11.8. The quantitative estimate of drug-likeness (QED) is 0.0262. The number of benzene rings is 4. The Morgan fingerprint density at radius 1 is 0.354 bits per heavy atom. The van der Waals surface area contributed by atoms with Crippen LogP contribution in [0, 0.1) is 0 Å². The van der Waals surface area contributed by atoms with E-state index in [1.165, 1.54) is 128 Å². The Bertz CT molecular complexity index is 1960. The van der Waals surface area contributed by atoms with E-state index in [-0.39, 0.29) is 47.5 Å². The van der Waals surface area contributed by atoms with Gasteiger partial charge in [-0.1, -0.05) is 230 Å². The Hall–Kier alpha value is -1.52. The molecule has 0 aromatic heterocycles. The van der Waals surface area contributed by atoms with E-state index >= 15 is 0 Å². The summed E-state index contributed by atoms with van der Waals surface area (Å²) in [5.74, 6) is 0. The molecule has 0 heterocycles. The van der Waals surface area contributed by atoms with Gasteiger partial charge in [0.1, 0.15) is 20.2 Å². The van der Waals surface area contributed by atoms with E-state index in [2.05, 4.69) is 39.8 Å². The number of hydrogen-bond acceptors (Lipinski definition) is 6. The second-order valence-corrected chi connectivity index (χ2v) is 21.3. The van der Waals surface area contributed by atoms with Gasteiger partial charge >= 0.3 is 37.7 Å². The van der Waals surface area contributed by atoms with Crippen LogP contribution in [0.4, 0.5) is 0 Å². The molecule has 0 aliphatic carbocycles. The number of fused-ring (bicyclic) bond motifs is 2. The third kappa shape index (κ3) is 23.6. The van der Waals surface area contributed by atoms with E-state index in [1.807, 2.05) is 36.4 Å². The van der Waals surface area contributed by atoms with Crippen LogP contribution in [0.2, 0.25) is 0 Å². The first-order valence-electron chi connectivity index (χ1n) is 25.9. The van der Waals surface area contributed by atoms with Crippen molar-refractivity contribution in [3.05, 3.63) is 82.9 Å². The van der Waals surface area contributed by atoms with Crippen molar-refractivity contribution in [2.75, 3.05) is 0 Å². The molecule has 0 saturated heterocycles. The van der Waals surface area contributed by atoms with Gasteiger partial charge in [-0.3, -0.25) is 0 Å². The first-order chi connectivity index (χ1) is 30.9. The summed E-state index contributed by atoms with van der Waals surface area (Å²) in [6.07, 6.45) is 37.4. The summed E-state index contributed by atoms with van der Waals surface area (Å²) in [6.45, 7) is 8.90. The standard InChI is InChI=1S/2C28H44O3S.Ca/c2*1-3-5-7-9-11-13-15-18-24-22-26-21-17-20-25(19-16-14-12-10-8-6-4-2)28(26)27(23-24)32(29,30)31;/h2*17,20-23H,3-16,18-19H2,1-2H3,(H,29,30,31);/q;;+2/p-2. The summed E-state index contributed by atoms with van der Waals surface area (Å²) in [5, 5.41) is 3.08. The van der Waals surface area contributed by atoms with Crippen LogP contribution in [0.25, 0.3) is 21.5 Å². The van der Waals surface area contributed by atoms with Crippen molar-refractivity contribution in [2.24, 2.45) is 0 Å². The molecular weight excluding hydrogens is 873 g/mol. The van der Waals surface area contributed by atoms with Crippen LogP contribution in [-0.2, 0) is 45.9 Å². The van der Waals surface area contributed by atoms with Crippen molar-refractivity contribution >= 4 is 79.5 Å². The van der Waals surface area contributed by atoms with Crippen LogP contribution in [0.5, 0.6) is 0 Å². The van der Waals surface area contributed by atoms with Gasteiger partial charge in [0.25, 0.3) is 0 Å². The predicted molar refractivity (Wildman–Crippen MR) is 276 cm³/mol. The van der Waals surface area contributed by atoms with Gasteiger partial charge < -0.3 is 9.11 Å². The first-order valence-corrected chi connectivity index (χ1v) is 28.8. The summed E-state index contributed by atoms with van der Waals surface area (Å²) in [7, 11) is -9.03. The van der Waals surface area contributed by atoms with Crippen LogP contribution in [0.15, 0.2) is 70.5 Å². The minimum atomic E-state index is -4.52. The van der Waals surface area contributed by atoms with Gasteiger partial charge in [-0.25, -0.2) is 16.8 Å². The number of hydrogen-bond donors (Lipinski definition) is 0. The van der Waals surface area contributed by atoms with Gasteiger partial charge in [0, 0.05) is 10.8 Å². The van der Waals surface area contributed by atoms with Gasteiger partial charge in [0.15, 0.2) is 0 Å². The third-order valence-electron chi connectivity index (χ3n) is 12.9. The molecule has 0 aliphatic heterocycles. The molecule has 9 heteroatoms. The molecule has 4 rings (SSSR count). The molecule has 0 N–H and O–H groups in total. The van der Waals surface area contributed by atoms with Crippen LogP contribution in [-0.4, -0.2) is 63.7 Å². The molecule has 0 saturated carbocycles. The minimum absolute atomic E-state index is 0. The van der Waals surface area contributed by atoms with E-state index in [0.717, 1.165) is 110 Å². The molecule has 0 amide bonds. The van der Waals surface area contributed by atoms with Crippen molar-refractivity contribution in [3.63, 3.8) is 0 Å². The molecule has 4 aromatic rings. The molecule has 4 aromatic carbocycles. The maximum absolute atomic E-state index is 12.1. The average molecular weight is 960 g/mol. The molecule has 6 nitrogen and oxygen atoms in total. The summed E-state index contributed by atoms with van der Waals surface area (Å²) in [5.41, 5.74) is 3.92. The van der Waals surface area contributed by atoms with Crippen molar-refractivity contribution < 1.29 is 25.9 Å². The summed E-state index contributed by atoms with van der Waals surface area (Å²) in [6, 6.07) is 19.4. The fraction of sp³-hybridized carbons (Fsp3) is 0.643. The van der Waals surface area contributed by atoms with E-state index in [1.54, 1.807) is 12.1 Å². The smallest absolute Gasteiger partial charge is 0.744 e. The number of unbranched alkanes of at least 4 members (excludes halogenated alkanes) is 24. The molecule has 65 heavy (non-hydrogen) atoms. The molecule has 0 spiro atoms. The number of rotatable bonds is 34. The van der Waals surface area contributed by atoms with Crippen LogP contribution in [0.3, 0.4) is 0 Å². The van der Waals surface area contributed by atoms with E-state index < -0.39 is 20.2 Å². The zero-order valence-corrected chi connectivity index (χ0v) is 45.2. The van der Waals surface area contributed by atoms with E-state index in [9.17, 15) is 25.9 Å². The maximum Gasteiger partial charge on any atom is 2.00 e. The van der Waals surface area contributed by atoms with Gasteiger partial charge in [-0.2, -0.15) is 0 Å². The summed E-state index contributed by atoms with van der Waals surface area (Å²) < 4.78 is 72.9.